The van der Waals surface area contributed by atoms with Gasteiger partial charge in [-0.2, -0.15) is 0 Å². The van der Waals surface area contributed by atoms with Crippen LogP contribution in [0.1, 0.15) is 23.4 Å². The molecule has 1 atom stereocenters. The van der Waals surface area contributed by atoms with E-state index in [1.807, 2.05) is 6.07 Å². The normalized spacial score (nSPS) is 19.5. The van der Waals surface area contributed by atoms with E-state index in [1.165, 1.54) is 0 Å². The minimum absolute atomic E-state index is 0.0797. The summed E-state index contributed by atoms with van der Waals surface area (Å²) in [6.45, 7) is 1.94. The first kappa shape index (κ1) is 11.8. The summed E-state index contributed by atoms with van der Waals surface area (Å²) < 4.78 is 5.57. The van der Waals surface area contributed by atoms with Crippen molar-refractivity contribution in [3.8, 4) is 0 Å². The number of hydrogen-bond acceptors (Lipinski definition) is 3. The van der Waals surface area contributed by atoms with Crippen LogP contribution in [0.15, 0.2) is 28.7 Å². The molecule has 94 valence electrons. The molecule has 4 heteroatoms. The summed E-state index contributed by atoms with van der Waals surface area (Å²) in [5.74, 6) is 0.962. The number of benzene rings is 1. The van der Waals surface area contributed by atoms with Gasteiger partial charge in [0.15, 0.2) is 11.5 Å². The Labute approximate surface area is 110 Å². The maximum absolute atomic E-state index is 12.1. The molecule has 1 aromatic heterocycles. The topological polar surface area (TPSA) is 42.2 Å². The monoisotopic (exact) mass is 263 g/mol. The molecule has 1 fully saturated rings. The molecule has 3 nitrogen and oxygen atoms in total. The number of fused-ring (bicyclic) bond motifs is 1. The molecule has 1 aliphatic rings. The van der Waals surface area contributed by atoms with Crippen molar-refractivity contribution in [2.75, 3.05) is 13.1 Å². The van der Waals surface area contributed by atoms with Gasteiger partial charge < -0.3 is 9.73 Å². The molecule has 18 heavy (non-hydrogen) atoms. The molecule has 0 bridgehead atoms. The number of carbonyl (C=O) groups is 1. The van der Waals surface area contributed by atoms with Crippen LogP contribution >= 0.6 is 11.6 Å². The zero-order valence-electron chi connectivity index (χ0n) is 9.91. The van der Waals surface area contributed by atoms with E-state index in [4.69, 9.17) is 16.0 Å². The minimum atomic E-state index is 0.0797. The van der Waals surface area contributed by atoms with Crippen LogP contribution in [0.2, 0.25) is 5.02 Å². The van der Waals surface area contributed by atoms with E-state index in [-0.39, 0.29) is 5.78 Å². The summed E-state index contributed by atoms with van der Waals surface area (Å²) in [6.07, 6.45) is 1.62. The minimum Gasteiger partial charge on any atom is -0.453 e. The van der Waals surface area contributed by atoms with E-state index in [0.717, 1.165) is 24.9 Å². The molecule has 0 amide bonds. The van der Waals surface area contributed by atoms with Crippen LogP contribution in [-0.4, -0.2) is 18.9 Å². The molecule has 2 aromatic rings. The van der Waals surface area contributed by atoms with E-state index < -0.39 is 0 Å². The summed E-state index contributed by atoms with van der Waals surface area (Å²) in [4.78, 5) is 12.1. The van der Waals surface area contributed by atoms with E-state index in [0.29, 0.717) is 28.7 Å². The summed E-state index contributed by atoms with van der Waals surface area (Å²) in [5.41, 5.74) is 0.715. The Kier molecular flexibility index (Phi) is 3.10. The van der Waals surface area contributed by atoms with Gasteiger partial charge in [-0.1, -0.05) is 11.6 Å². The molecular formula is C14H14ClNO2. The highest BCUT2D eigenvalue weighted by Crippen LogP contribution is 2.25. The van der Waals surface area contributed by atoms with Gasteiger partial charge in [0.1, 0.15) is 5.58 Å². The largest absolute Gasteiger partial charge is 0.453 e. The van der Waals surface area contributed by atoms with Gasteiger partial charge in [0.25, 0.3) is 0 Å². The number of halogens is 1. The third kappa shape index (κ3) is 2.28. The first-order valence-electron chi connectivity index (χ1n) is 6.15. The van der Waals surface area contributed by atoms with Crippen LogP contribution in [0.4, 0.5) is 0 Å². The van der Waals surface area contributed by atoms with Crippen molar-refractivity contribution in [2.45, 2.75) is 12.8 Å². The molecule has 1 aliphatic heterocycles. The van der Waals surface area contributed by atoms with Crippen LogP contribution in [0, 0.1) is 5.92 Å². The van der Waals surface area contributed by atoms with Crippen molar-refractivity contribution in [2.24, 2.45) is 5.92 Å². The number of hydrogen-bond donors (Lipinski definition) is 1. The van der Waals surface area contributed by atoms with Gasteiger partial charge in [0.05, 0.1) is 0 Å². The standard InChI is InChI=1S/C14H14ClNO2/c15-11-1-2-13-10(6-11)7-14(18-13)12(17)5-9-3-4-16-8-9/h1-2,6-7,9,16H,3-5,8H2. The zero-order valence-corrected chi connectivity index (χ0v) is 10.7. The van der Waals surface area contributed by atoms with Crippen molar-refractivity contribution in [3.05, 3.63) is 35.0 Å². The van der Waals surface area contributed by atoms with Gasteiger partial charge in [0.2, 0.25) is 0 Å². The van der Waals surface area contributed by atoms with E-state index in [9.17, 15) is 4.79 Å². The highest BCUT2D eigenvalue weighted by Gasteiger charge is 2.21. The number of furan rings is 1. The van der Waals surface area contributed by atoms with Crippen molar-refractivity contribution >= 4 is 28.4 Å². The summed E-state index contributed by atoms with van der Waals surface area (Å²) in [6, 6.07) is 7.16. The number of rotatable bonds is 3. The SMILES string of the molecule is O=C(CC1CCNC1)c1cc2cc(Cl)ccc2o1. The van der Waals surface area contributed by atoms with Gasteiger partial charge in [-0.05, 0) is 49.7 Å². The third-order valence-corrected chi connectivity index (χ3v) is 3.62. The van der Waals surface area contributed by atoms with Gasteiger partial charge in [-0.3, -0.25) is 4.79 Å². The van der Waals surface area contributed by atoms with Crippen LogP contribution < -0.4 is 5.32 Å². The lowest BCUT2D eigenvalue weighted by molar-refractivity contribution is 0.0939. The van der Waals surface area contributed by atoms with Crippen molar-refractivity contribution < 1.29 is 9.21 Å². The molecule has 1 aromatic carbocycles. The number of Topliss-reactive ketones (excluding diaryl/α,β-unsaturated/α-hetero) is 1. The molecule has 2 heterocycles. The first-order chi connectivity index (χ1) is 8.72. The average Bonchev–Trinajstić information content (AvgIpc) is 2.96. The van der Waals surface area contributed by atoms with Crippen molar-refractivity contribution in [1.29, 1.82) is 0 Å². The Morgan fingerprint density at radius 1 is 1.44 bits per heavy atom. The molecule has 3 rings (SSSR count). The Bertz CT molecular complexity index is 584. The number of carbonyl (C=O) groups excluding carboxylic acids is 1. The predicted octanol–water partition coefficient (Wildman–Crippen LogP) is 3.27. The van der Waals surface area contributed by atoms with Gasteiger partial charge >= 0.3 is 0 Å². The fourth-order valence-corrected chi connectivity index (χ4v) is 2.58. The smallest absolute Gasteiger partial charge is 0.198 e. The van der Waals surface area contributed by atoms with Gasteiger partial charge in [-0.15, -0.1) is 0 Å². The third-order valence-electron chi connectivity index (χ3n) is 3.39. The van der Waals surface area contributed by atoms with Crippen LogP contribution in [0.3, 0.4) is 0 Å². The molecule has 1 unspecified atom stereocenters. The summed E-state index contributed by atoms with van der Waals surface area (Å²) in [5, 5.41) is 4.80. The molecule has 0 spiro atoms. The summed E-state index contributed by atoms with van der Waals surface area (Å²) >= 11 is 5.91. The fraction of sp³-hybridized carbons (Fsp3) is 0.357. The molecule has 0 radical (unpaired) electrons. The Balaban J connectivity index is 1.82. The lowest BCUT2D eigenvalue weighted by Gasteiger charge is -2.04. The van der Waals surface area contributed by atoms with Gasteiger partial charge in [-0.25, -0.2) is 0 Å². The lowest BCUT2D eigenvalue weighted by Crippen LogP contribution is -2.12. The maximum Gasteiger partial charge on any atom is 0.198 e. The van der Waals surface area contributed by atoms with Crippen LogP contribution in [-0.2, 0) is 0 Å². The Hall–Kier alpha value is -1.32. The van der Waals surface area contributed by atoms with Crippen molar-refractivity contribution in [3.63, 3.8) is 0 Å². The van der Waals surface area contributed by atoms with E-state index in [1.54, 1.807) is 18.2 Å². The van der Waals surface area contributed by atoms with Crippen molar-refractivity contribution in [1.82, 2.24) is 5.32 Å². The molecule has 1 saturated heterocycles. The van der Waals surface area contributed by atoms with E-state index in [2.05, 4.69) is 5.32 Å². The number of nitrogens with one attached hydrogen (secondary N) is 1. The lowest BCUT2D eigenvalue weighted by atomic mass is 10.0. The fourth-order valence-electron chi connectivity index (χ4n) is 2.40. The molecular weight excluding hydrogens is 250 g/mol. The summed E-state index contributed by atoms with van der Waals surface area (Å²) in [7, 11) is 0. The van der Waals surface area contributed by atoms with Crippen LogP contribution in [0.5, 0.6) is 0 Å². The molecule has 0 aliphatic carbocycles. The number of ketones is 1. The average molecular weight is 264 g/mol. The first-order valence-corrected chi connectivity index (χ1v) is 6.53. The van der Waals surface area contributed by atoms with Crippen LogP contribution in [0.25, 0.3) is 11.0 Å². The Morgan fingerprint density at radius 2 is 2.33 bits per heavy atom. The quantitative estimate of drug-likeness (QED) is 0.865. The van der Waals surface area contributed by atoms with Gasteiger partial charge in [0, 0.05) is 16.8 Å². The zero-order chi connectivity index (χ0) is 12.5. The highest BCUT2D eigenvalue weighted by molar-refractivity contribution is 6.31. The maximum atomic E-state index is 12.1. The Morgan fingerprint density at radius 3 is 3.11 bits per heavy atom. The van der Waals surface area contributed by atoms with E-state index >= 15 is 0 Å². The predicted molar refractivity (Wildman–Crippen MR) is 71.1 cm³/mol. The second-order valence-electron chi connectivity index (χ2n) is 4.78. The molecule has 1 N–H and O–H groups in total. The second-order valence-corrected chi connectivity index (χ2v) is 5.22. The highest BCUT2D eigenvalue weighted by atomic mass is 35.5. The molecule has 0 saturated carbocycles. The second kappa shape index (κ2) is 4.75.